The van der Waals surface area contributed by atoms with Crippen LogP contribution in [-0.2, 0) is 6.18 Å². The van der Waals surface area contributed by atoms with E-state index in [1.165, 1.54) is 12.1 Å². The first-order valence-electron chi connectivity index (χ1n) is 9.52. The second-order valence-corrected chi connectivity index (χ2v) is 7.58. The van der Waals surface area contributed by atoms with Gasteiger partial charge in [-0.25, -0.2) is 0 Å². The van der Waals surface area contributed by atoms with Gasteiger partial charge in [0.25, 0.3) is 0 Å². The molecule has 2 atom stereocenters. The first kappa shape index (κ1) is 19.8. The number of aliphatic imine (C=N–C) groups is 1. The Kier molecular flexibility index (Phi) is 5.02. The zero-order valence-electron chi connectivity index (χ0n) is 16.6. The Morgan fingerprint density at radius 1 is 1.07 bits per heavy atom. The summed E-state index contributed by atoms with van der Waals surface area (Å²) in [5, 5.41) is 0. The average Bonchev–Trinajstić information content (AvgIpc) is 2.71. The minimum Gasteiger partial charge on any atom is -0.493 e. The number of rotatable bonds is 3. The highest BCUT2D eigenvalue weighted by atomic mass is 19.4. The van der Waals surface area contributed by atoms with E-state index in [-0.39, 0.29) is 12.0 Å². The molecule has 0 amide bonds. The van der Waals surface area contributed by atoms with Crippen molar-refractivity contribution in [3.63, 3.8) is 0 Å². The molecule has 154 valence electrons. The number of likely N-dealkylation sites (N-methyl/N-ethyl adjacent to an activating group) is 1. The van der Waals surface area contributed by atoms with Crippen LogP contribution in [0.1, 0.15) is 34.6 Å². The van der Waals surface area contributed by atoms with Crippen molar-refractivity contribution in [2.45, 2.75) is 24.6 Å². The van der Waals surface area contributed by atoms with Crippen molar-refractivity contribution in [3.05, 3.63) is 58.7 Å². The van der Waals surface area contributed by atoms with Crippen LogP contribution in [0.2, 0.25) is 0 Å². The molecule has 2 aromatic carbocycles. The van der Waals surface area contributed by atoms with Crippen LogP contribution < -0.4 is 9.47 Å². The highest BCUT2D eigenvalue weighted by Gasteiger charge is 2.37. The number of likely N-dealkylation sites (tertiary alicyclic amines) is 1. The fourth-order valence-electron chi connectivity index (χ4n) is 4.28. The van der Waals surface area contributed by atoms with Crippen LogP contribution in [-0.4, -0.2) is 51.0 Å². The molecule has 2 aliphatic heterocycles. The van der Waals surface area contributed by atoms with Gasteiger partial charge in [0.2, 0.25) is 0 Å². The van der Waals surface area contributed by atoms with Gasteiger partial charge < -0.3 is 14.4 Å². The van der Waals surface area contributed by atoms with E-state index in [4.69, 9.17) is 14.5 Å². The summed E-state index contributed by atoms with van der Waals surface area (Å²) >= 11 is 0. The summed E-state index contributed by atoms with van der Waals surface area (Å²) in [6.07, 6.45) is -3.54. The summed E-state index contributed by atoms with van der Waals surface area (Å²) < 4.78 is 50.8. The van der Waals surface area contributed by atoms with Crippen LogP contribution in [0.4, 0.5) is 13.2 Å². The first-order chi connectivity index (χ1) is 13.8. The summed E-state index contributed by atoms with van der Waals surface area (Å²) in [7, 11) is 5.20. The van der Waals surface area contributed by atoms with Crippen molar-refractivity contribution in [1.29, 1.82) is 0 Å². The van der Waals surface area contributed by atoms with Crippen LogP contribution in [0, 0.1) is 0 Å². The van der Waals surface area contributed by atoms with Gasteiger partial charge in [-0.2, -0.15) is 13.2 Å². The van der Waals surface area contributed by atoms with Crippen LogP contribution in [0.3, 0.4) is 0 Å². The van der Waals surface area contributed by atoms with Crippen LogP contribution in [0.25, 0.3) is 0 Å². The number of halogens is 3. The van der Waals surface area contributed by atoms with E-state index in [0.717, 1.165) is 36.7 Å². The number of benzene rings is 2. The Morgan fingerprint density at radius 3 is 2.48 bits per heavy atom. The summed E-state index contributed by atoms with van der Waals surface area (Å²) in [4.78, 5) is 7.19. The van der Waals surface area contributed by atoms with E-state index < -0.39 is 11.7 Å². The van der Waals surface area contributed by atoms with E-state index in [0.29, 0.717) is 22.8 Å². The van der Waals surface area contributed by atoms with Crippen LogP contribution >= 0.6 is 0 Å². The Labute approximate surface area is 168 Å². The largest absolute Gasteiger partial charge is 0.493 e. The number of fused-ring (bicyclic) bond motifs is 3. The molecule has 4 rings (SSSR count). The maximum atomic E-state index is 13.3. The van der Waals surface area contributed by atoms with Gasteiger partial charge in [-0.15, -0.1) is 0 Å². The maximum absolute atomic E-state index is 13.3. The van der Waals surface area contributed by atoms with Gasteiger partial charge in [0.15, 0.2) is 11.5 Å². The number of piperidine rings is 1. The smallest absolute Gasteiger partial charge is 0.416 e. The Hall–Kier alpha value is -2.54. The molecule has 7 heteroatoms. The minimum atomic E-state index is -4.40. The topological polar surface area (TPSA) is 34.1 Å². The van der Waals surface area contributed by atoms with Gasteiger partial charge in [-0.05, 0) is 49.8 Å². The molecule has 0 radical (unpaired) electrons. The predicted molar refractivity (Wildman–Crippen MR) is 105 cm³/mol. The Morgan fingerprint density at radius 2 is 1.79 bits per heavy atom. The molecule has 2 aromatic rings. The van der Waals surface area contributed by atoms with Gasteiger partial charge in [0.05, 0.1) is 31.5 Å². The Balaban J connectivity index is 1.90. The van der Waals surface area contributed by atoms with Crippen LogP contribution in [0.15, 0.2) is 41.4 Å². The summed E-state index contributed by atoms with van der Waals surface area (Å²) in [6.45, 7) is 1.75. The SMILES string of the molecule is COc1cc2c(cc1OC)[C@H]1CN(C)CC[C@H]1N=C2c1cccc(C(F)(F)F)c1. The normalized spacial score (nSPS) is 21.8. The quantitative estimate of drug-likeness (QED) is 0.762. The molecule has 29 heavy (non-hydrogen) atoms. The van der Waals surface area contributed by atoms with E-state index in [1.54, 1.807) is 20.3 Å². The lowest BCUT2D eigenvalue weighted by Gasteiger charge is -2.39. The lowest BCUT2D eigenvalue weighted by atomic mass is 9.79. The van der Waals surface area contributed by atoms with Gasteiger partial charge in [0, 0.05) is 23.6 Å². The second-order valence-electron chi connectivity index (χ2n) is 7.58. The molecule has 0 aliphatic carbocycles. The monoisotopic (exact) mass is 404 g/mol. The molecule has 0 bridgehead atoms. The molecule has 0 spiro atoms. The summed E-state index contributed by atoms with van der Waals surface area (Å²) in [6, 6.07) is 9.19. The van der Waals surface area contributed by atoms with E-state index in [2.05, 4.69) is 11.9 Å². The zero-order valence-corrected chi connectivity index (χ0v) is 16.6. The number of nitrogens with zero attached hydrogens (tertiary/aromatic N) is 2. The molecule has 4 nitrogen and oxygen atoms in total. The van der Waals surface area contributed by atoms with Crippen molar-refractivity contribution >= 4 is 5.71 Å². The third kappa shape index (κ3) is 3.59. The number of hydrogen-bond donors (Lipinski definition) is 0. The van der Waals surface area contributed by atoms with Gasteiger partial charge in [0.1, 0.15) is 0 Å². The summed E-state index contributed by atoms with van der Waals surface area (Å²) in [5.74, 6) is 1.31. The molecular weight excluding hydrogens is 381 g/mol. The molecule has 0 unspecified atom stereocenters. The van der Waals surface area contributed by atoms with Crippen molar-refractivity contribution in [1.82, 2.24) is 4.90 Å². The fraction of sp³-hybridized carbons (Fsp3) is 0.409. The lowest BCUT2D eigenvalue weighted by molar-refractivity contribution is -0.137. The third-order valence-corrected chi connectivity index (χ3v) is 5.75. The fourth-order valence-corrected chi connectivity index (χ4v) is 4.28. The van der Waals surface area contributed by atoms with Crippen LogP contribution in [0.5, 0.6) is 11.5 Å². The van der Waals surface area contributed by atoms with E-state index in [1.807, 2.05) is 12.1 Å². The average molecular weight is 404 g/mol. The third-order valence-electron chi connectivity index (χ3n) is 5.75. The molecule has 1 saturated heterocycles. The molecular formula is C22H23F3N2O2. The van der Waals surface area contributed by atoms with Crippen molar-refractivity contribution < 1.29 is 22.6 Å². The molecule has 0 N–H and O–H groups in total. The number of ether oxygens (including phenoxy) is 2. The van der Waals surface area contributed by atoms with Crippen molar-refractivity contribution in [2.75, 3.05) is 34.4 Å². The number of methoxy groups -OCH3 is 2. The predicted octanol–water partition coefficient (Wildman–Crippen LogP) is 4.36. The maximum Gasteiger partial charge on any atom is 0.416 e. The molecule has 2 aliphatic rings. The lowest BCUT2D eigenvalue weighted by Crippen LogP contribution is -2.41. The second kappa shape index (κ2) is 7.37. The molecule has 0 aromatic heterocycles. The zero-order chi connectivity index (χ0) is 20.8. The highest BCUT2D eigenvalue weighted by Crippen LogP contribution is 2.42. The molecule has 1 fully saturated rings. The van der Waals surface area contributed by atoms with Gasteiger partial charge in [-0.3, -0.25) is 4.99 Å². The van der Waals surface area contributed by atoms with E-state index >= 15 is 0 Å². The van der Waals surface area contributed by atoms with Gasteiger partial charge in [-0.1, -0.05) is 12.1 Å². The first-order valence-corrected chi connectivity index (χ1v) is 9.52. The molecule has 0 saturated carbocycles. The number of alkyl halides is 3. The highest BCUT2D eigenvalue weighted by molar-refractivity contribution is 6.15. The minimum absolute atomic E-state index is 0.0290. The Bertz CT molecular complexity index is 956. The van der Waals surface area contributed by atoms with E-state index in [9.17, 15) is 13.2 Å². The number of hydrogen-bond acceptors (Lipinski definition) is 4. The molecule has 2 heterocycles. The van der Waals surface area contributed by atoms with Gasteiger partial charge >= 0.3 is 6.18 Å². The summed E-state index contributed by atoms with van der Waals surface area (Å²) in [5.41, 5.74) is 2.22. The van der Waals surface area contributed by atoms with Crippen molar-refractivity contribution in [3.8, 4) is 11.5 Å². The standard InChI is InChI=1S/C22H23F3N2O2/c1-27-8-7-18-17(12-27)15-10-19(28-2)20(29-3)11-16(15)21(26-18)13-5-4-6-14(9-13)22(23,24)25/h4-6,9-11,17-18H,7-8,12H2,1-3H3/t17-,18-/m1/s1. The van der Waals surface area contributed by atoms with Crippen molar-refractivity contribution in [2.24, 2.45) is 4.99 Å².